The number of benzene rings is 1. The molecule has 2 rings (SSSR count). The number of hydrogen-bond acceptors (Lipinski definition) is 3. The van der Waals surface area contributed by atoms with Gasteiger partial charge in [-0.15, -0.1) is 0 Å². The minimum absolute atomic E-state index is 0.120. The summed E-state index contributed by atoms with van der Waals surface area (Å²) in [6.07, 6.45) is 5.29. The van der Waals surface area contributed by atoms with Crippen LogP contribution in [0.3, 0.4) is 0 Å². The molecule has 7 heteroatoms. The molecular weight excluding hydrogens is 333 g/mol. The fraction of sp³-hybridized carbons (Fsp3) is 0.500. The van der Waals surface area contributed by atoms with Crippen molar-refractivity contribution in [2.45, 2.75) is 50.0 Å². The number of nitrogens with one attached hydrogen (secondary N) is 1. The van der Waals surface area contributed by atoms with Crippen LogP contribution in [0.25, 0.3) is 0 Å². The summed E-state index contributed by atoms with van der Waals surface area (Å²) >= 11 is 5.91. The third kappa shape index (κ3) is 4.11. The smallest absolute Gasteiger partial charge is 0.261 e. The van der Waals surface area contributed by atoms with E-state index in [0.717, 1.165) is 25.7 Å². The average Bonchev–Trinajstić information content (AvgIpc) is 2.40. The first-order valence-corrected chi connectivity index (χ1v) is 9.53. The quantitative estimate of drug-likeness (QED) is 0.847. The predicted molar refractivity (Wildman–Crippen MR) is 83.6 cm³/mol. The van der Waals surface area contributed by atoms with Gasteiger partial charge in [-0.1, -0.05) is 30.9 Å². The molecule has 0 bridgehead atoms. The van der Waals surface area contributed by atoms with Gasteiger partial charge in [-0.2, -0.15) is 0 Å². The fourth-order valence-electron chi connectivity index (χ4n) is 2.65. The van der Waals surface area contributed by atoms with E-state index in [1.54, 1.807) is 6.92 Å². The normalized spacial score (nSPS) is 16.7. The van der Waals surface area contributed by atoms with Crippen LogP contribution in [0.2, 0.25) is 5.02 Å². The summed E-state index contributed by atoms with van der Waals surface area (Å²) in [5.41, 5.74) is 0.579. The van der Waals surface area contributed by atoms with Gasteiger partial charge in [0.25, 0.3) is 15.0 Å². The van der Waals surface area contributed by atoms with Crippen LogP contribution in [0.1, 0.15) is 48.0 Å². The summed E-state index contributed by atoms with van der Waals surface area (Å²) < 4.78 is 23.1. The Morgan fingerprint density at radius 1 is 1.24 bits per heavy atom. The Bertz CT molecular complexity index is 652. The lowest BCUT2D eigenvalue weighted by Crippen LogP contribution is -2.36. The first kappa shape index (κ1) is 16.6. The van der Waals surface area contributed by atoms with Crippen LogP contribution in [-0.2, 0) is 9.05 Å². The van der Waals surface area contributed by atoms with Gasteiger partial charge < -0.3 is 5.32 Å². The lowest BCUT2D eigenvalue weighted by molar-refractivity contribution is 0.0927. The van der Waals surface area contributed by atoms with Crippen LogP contribution >= 0.6 is 22.3 Å². The van der Waals surface area contributed by atoms with Gasteiger partial charge in [0, 0.05) is 27.3 Å². The zero-order chi connectivity index (χ0) is 15.6. The maximum atomic E-state index is 12.4. The summed E-state index contributed by atoms with van der Waals surface area (Å²) in [4.78, 5) is 12.2. The molecular formula is C14H17Cl2NO3S. The highest BCUT2D eigenvalue weighted by molar-refractivity contribution is 8.13. The Kier molecular flexibility index (Phi) is 5.17. The maximum Gasteiger partial charge on any atom is 0.261 e. The zero-order valence-corrected chi connectivity index (χ0v) is 14.0. The summed E-state index contributed by atoms with van der Waals surface area (Å²) in [6.45, 7) is 1.56. The molecule has 1 aromatic rings. The molecule has 116 valence electrons. The van der Waals surface area contributed by atoms with Crippen molar-refractivity contribution in [3.8, 4) is 0 Å². The summed E-state index contributed by atoms with van der Waals surface area (Å²) in [5, 5.41) is 3.12. The SMILES string of the molecule is Cc1c(C(=O)NC2CCCCC2)cc(Cl)cc1S(=O)(=O)Cl. The van der Waals surface area contributed by atoms with E-state index < -0.39 is 9.05 Å². The standard InChI is InChI=1S/C14H17Cl2NO3S/c1-9-12(7-10(15)8-13(9)21(16,19)20)14(18)17-11-5-3-2-4-6-11/h7-8,11H,2-6H2,1H3,(H,17,18). The van der Waals surface area contributed by atoms with Gasteiger partial charge >= 0.3 is 0 Å². The van der Waals surface area contributed by atoms with Crippen molar-refractivity contribution in [2.24, 2.45) is 0 Å². The second-order valence-electron chi connectivity index (χ2n) is 5.32. The first-order valence-electron chi connectivity index (χ1n) is 6.84. The molecule has 0 heterocycles. The number of amides is 1. The molecule has 1 amide bonds. The monoisotopic (exact) mass is 349 g/mol. The third-order valence-electron chi connectivity index (χ3n) is 3.77. The van der Waals surface area contributed by atoms with Crippen LogP contribution in [-0.4, -0.2) is 20.4 Å². The van der Waals surface area contributed by atoms with Crippen molar-refractivity contribution >= 4 is 37.2 Å². The van der Waals surface area contributed by atoms with E-state index in [4.69, 9.17) is 22.3 Å². The zero-order valence-electron chi connectivity index (χ0n) is 11.7. The van der Waals surface area contributed by atoms with Gasteiger partial charge in [-0.05, 0) is 37.5 Å². The number of carbonyl (C=O) groups excluding carboxylic acids is 1. The highest BCUT2D eigenvalue weighted by Crippen LogP contribution is 2.27. The fourth-order valence-corrected chi connectivity index (χ4v) is 4.16. The molecule has 1 N–H and O–H groups in total. The number of carbonyl (C=O) groups is 1. The minimum Gasteiger partial charge on any atom is -0.349 e. The molecule has 0 aromatic heterocycles. The van der Waals surface area contributed by atoms with Gasteiger partial charge in [-0.3, -0.25) is 4.79 Å². The molecule has 0 radical (unpaired) electrons. The second-order valence-corrected chi connectivity index (χ2v) is 8.29. The Morgan fingerprint density at radius 2 is 1.86 bits per heavy atom. The maximum absolute atomic E-state index is 12.4. The van der Waals surface area contributed by atoms with E-state index >= 15 is 0 Å². The van der Waals surface area contributed by atoms with E-state index in [9.17, 15) is 13.2 Å². The van der Waals surface area contributed by atoms with Gasteiger partial charge in [0.05, 0.1) is 4.90 Å². The molecule has 0 unspecified atom stereocenters. The van der Waals surface area contributed by atoms with Crippen LogP contribution in [0.15, 0.2) is 17.0 Å². The second kappa shape index (κ2) is 6.55. The Balaban J connectivity index is 2.30. The molecule has 4 nitrogen and oxygen atoms in total. The first-order chi connectivity index (χ1) is 9.79. The molecule has 0 atom stereocenters. The van der Waals surface area contributed by atoms with Crippen molar-refractivity contribution in [2.75, 3.05) is 0 Å². The van der Waals surface area contributed by atoms with Crippen molar-refractivity contribution in [1.82, 2.24) is 5.32 Å². The van der Waals surface area contributed by atoms with Crippen LogP contribution in [0, 0.1) is 6.92 Å². The molecule has 21 heavy (non-hydrogen) atoms. The number of hydrogen-bond donors (Lipinski definition) is 1. The van der Waals surface area contributed by atoms with Crippen LogP contribution < -0.4 is 5.32 Å². The van der Waals surface area contributed by atoms with E-state index in [-0.39, 0.29) is 27.4 Å². The van der Waals surface area contributed by atoms with E-state index in [2.05, 4.69) is 5.32 Å². The van der Waals surface area contributed by atoms with Crippen LogP contribution in [0.4, 0.5) is 0 Å². The molecule has 0 spiro atoms. The van der Waals surface area contributed by atoms with Gasteiger partial charge in [0.15, 0.2) is 0 Å². The average molecular weight is 350 g/mol. The van der Waals surface area contributed by atoms with Crippen LogP contribution in [0.5, 0.6) is 0 Å². The largest absolute Gasteiger partial charge is 0.349 e. The summed E-state index contributed by atoms with van der Waals surface area (Å²) in [7, 11) is 1.45. The minimum atomic E-state index is -3.94. The van der Waals surface area contributed by atoms with Gasteiger partial charge in [0.2, 0.25) is 0 Å². The molecule has 1 saturated carbocycles. The highest BCUT2D eigenvalue weighted by Gasteiger charge is 2.22. The lowest BCUT2D eigenvalue weighted by atomic mass is 9.95. The summed E-state index contributed by atoms with van der Waals surface area (Å²) in [5.74, 6) is -0.302. The molecule has 1 aliphatic rings. The topological polar surface area (TPSA) is 63.2 Å². The van der Waals surface area contributed by atoms with E-state index in [1.807, 2.05) is 0 Å². The molecule has 1 aliphatic carbocycles. The Morgan fingerprint density at radius 3 is 2.43 bits per heavy atom. The highest BCUT2D eigenvalue weighted by atomic mass is 35.7. The molecule has 1 fully saturated rings. The molecule has 1 aromatic carbocycles. The van der Waals surface area contributed by atoms with Crippen molar-refractivity contribution in [3.63, 3.8) is 0 Å². The number of rotatable bonds is 3. The van der Waals surface area contributed by atoms with E-state index in [1.165, 1.54) is 18.6 Å². The van der Waals surface area contributed by atoms with Crippen molar-refractivity contribution < 1.29 is 13.2 Å². The van der Waals surface area contributed by atoms with Gasteiger partial charge in [0.1, 0.15) is 0 Å². The van der Waals surface area contributed by atoms with E-state index in [0.29, 0.717) is 5.56 Å². The molecule has 0 aliphatic heterocycles. The predicted octanol–water partition coefficient (Wildman–Crippen LogP) is 3.64. The van der Waals surface area contributed by atoms with Crippen molar-refractivity contribution in [1.29, 1.82) is 0 Å². The molecule has 0 saturated heterocycles. The third-order valence-corrected chi connectivity index (χ3v) is 5.44. The number of halogens is 2. The summed E-state index contributed by atoms with van der Waals surface area (Å²) in [6, 6.07) is 2.87. The van der Waals surface area contributed by atoms with Crippen molar-refractivity contribution in [3.05, 3.63) is 28.3 Å². The Labute approximate surface area is 134 Å². The van der Waals surface area contributed by atoms with Gasteiger partial charge in [-0.25, -0.2) is 8.42 Å². The lowest BCUT2D eigenvalue weighted by Gasteiger charge is -2.23. The Hall–Kier alpha value is -0.780.